The molecule has 0 radical (unpaired) electrons. The minimum Gasteiger partial charge on any atom is -0.480 e. The van der Waals surface area contributed by atoms with E-state index in [9.17, 15) is 14.4 Å². The lowest BCUT2D eigenvalue weighted by molar-refractivity contribution is -0.140. The van der Waals surface area contributed by atoms with Gasteiger partial charge in [-0.15, -0.1) is 0 Å². The molecular weight excluding hydrogens is 288 g/mol. The number of hydrogen-bond acceptors (Lipinski definition) is 4. The zero-order chi connectivity index (χ0) is 16.7. The van der Waals surface area contributed by atoms with Crippen molar-refractivity contribution in [3.8, 4) is 5.75 Å². The first-order valence-electron chi connectivity index (χ1n) is 7.19. The molecule has 0 bridgehead atoms. The fraction of sp³-hybridized carbons (Fsp3) is 0.533. The Hall–Kier alpha value is -2.31. The van der Waals surface area contributed by atoms with Gasteiger partial charge in [-0.05, 0) is 25.5 Å². The van der Waals surface area contributed by atoms with Crippen LogP contribution in [0.2, 0.25) is 0 Å². The van der Waals surface area contributed by atoms with E-state index in [1.165, 1.54) is 25.3 Å². The van der Waals surface area contributed by atoms with Crippen molar-refractivity contribution in [3.63, 3.8) is 0 Å². The number of amides is 1. The quantitative estimate of drug-likeness (QED) is 0.777. The Morgan fingerprint density at radius 3 is 2.73 bits per heavy atom. The van der Waals surface area contributed by atoms with Gasteiger partial charge in [0.15, 0.2) is 12.4 Å². The molecule has 1 N–H and O–H groups in total. The molecule has 0 aliphatic rings. The van der Waals surface area contributed by atoms with Crippen molar-refractivity contribution in [2.24, 2.45) is 0 Å². The van der Waals surface area contributed by atoms with Crippen molar-refractivity contribution in [3.05, 3.63) is 28.7 Å². The molecular formula is C15H22N2O5. The molecule has 1 amide bonds. The third-order valence-electron chi connectivity index (χ3n) is 3.34. The molecule has 0 aliphatic carbocycles. The number of aromatic nitrogens is 1. The van der Waals surface area contributed by atoms with E-state index in [-0.39, 0.29) is 18.3 Å². The van der Waals surface area contributed by atoms with Crippen molar-refractivity contribution in [1.82, 2.24) is 9.47 Å². The van der Waals surface area contributed by atoms with Crippen molar-refractivity contribution in [1.29, 1.82) is 0 Å². The number of unbranched alkanes of at least 4 members (excludes halogenated alkanes) is 1. The second kappa shape index (κ2) is 8.21. The lowest BCUT2D eigenvalue weighted by Gasteiger charge is -2.17. The molecule has 0 spiro atoms. The molecule has 0 aromatic carbocycles. The number of carboxylic acids is 1. The maximum absolute atomic E-state index is 12.1. The van der Waals surface area contributed by atoms with Gasteiger partial charge in [0.05, 0.1) is 0 Å². The molecule has 1 rings (SSSR count). The third kappa shape index (κ3) is 4.61. The van der Waals surface area contributed by atoms with E-state index in [2.05, 4.69) is 0 Å². The number of rotatable bonds is 8. The number of nitrogens with zero attached hydrogens (tertiary/aromatic N) is 2. The third-order valence-corrected chi connectivity index (χ3v) is 3.34. The highest BCUT2D eigenvalue weighted by atomic mass is 16.5. The average molecular weight is 310 g/mol. The maximum Gasteiger partial charge on any atom is 0.326 e. The van der Waals surface area contributed by atoms with E-state index >= 15 is 0 Å². The standard InChI is InChI=1S/C15H22N2O5/c1-4-5-8-16(3)13(18)10-22-12-7-6-9-17(14(12)19)11(2)15(20)21/h6-7,9,11H,4-5,8,10H2,1-3H3,(H,20,21). The first kappa shape index (κ1) is 17.7. The summed E-state index contributed by atoms with van der Waals surface area (Å²) in [5, 5.41) is 8.96. The summed E-state index contributed by atoms with van der Waals surface area (Å²) in [6, 6.07) is 1.94. The van der Waals surface area contributed by atoms with Gasteiger partial charge < -0.3 is 14.7 Å². The molecule has 1 atom stereocenters. The van der Waals surface area contributed by atoms with Crippen LogP contribution in [0.5, 0.6) is 5.75 Å². The maximum atomic E-state index is 12.1. The number of likely N-dealkylation sites (N-methyl/N-ethyl adjacent to an activating group) is 1. The second-order valence-electron chi connectivity index (χ2n) is 5.06. The zero-order valence-corrected chi connectivity index (χ0v) is 13.1. The second-order valence-corrected chi connectivity index (χ2v) is 5.06. The first-order chi connectivity index (χ1) is 10.4. The van der Waals surface area contributed by atoms with E-state index in [1.54, 1.807) is 11.9 Å². The van der Waals surface area contributed by atoms with Gasteiger partial charge in [0, 0.05) is 19.8 Å². The van der Waals surface area contributed by atoms with E-state index in [1.807, 2.05) is 6.92 Å². The molecule has 1 heterocycles. The molecule has 1 aromatic rings. The largest absolute Gasteiger partial charge is 0.480 e. The summed E-state index contributed by atoms with van der Waals surface area (Å²) in [7, 11) is 1.68. The van der Waals surface area contributed by atoms with Crippen LogP contribution in [0.1, 0.15) is 32.7 Å². The molecule has 0 saturated heterocycles. The molecule has 22 heavy (non-hydrogen) atoms. The summed E-state index contributed by atoms with van der Waals surface area (Å²) < 4.78 is 6.31. The number of hydrogen-bond donors (Lipinski definition) is 1. The number of ether oxygens (including phenoxy) is 1. The predicted molar refractivity (Wildman–Crippen MR) is 81.1 cm³/mol. The molecule has 0 fully saturated rings. The highest BCUT2D eigenvalue weighted by Crippen LogP contribution is 2.08. The average Bonchev–Trinajstić information content (AvgIpc) is 2.50. The zero-order valence-electron chi connectivity index (χ0n) is 13.1. The van der Waals surface area contributed by atoms with Crippen molar-refractivity contribution in [2.45, 2.75) is 32.7 Å². The van der Waals surface area contributed by atoms with Gasteiger partial charge in [0.1, 0.15) is 6.04 Å². The van der Waals surface area contributed by atoms with Gasteiger partial charge in [-0.3, -0.25) is 14.2 Å². The van der Waals surface area contributed by atoms with Gasteiger partial charge >= 0.3 is 5.97 Å². The minimum absolute atomic E-state index is 0.0344. The number of aliphatic carboxylic acids is 1. The summed E-state index contributed by atoms with van der Waals surface area (Å²) in [5.74, 6) is -1.38. The Morgan fingerprint density at radius 2 is 2.14 bits per heavy atom. The molecule has 122 valence electrons. The van der Waals surface area contributed by atoms with Crippen molar-refractivity contribution >= 4 is 11.9 Å². The van der Waals surface area contributed by atoms with Gasteiger partial charge in [-0.25, -0.2) is 4.79 Å². The smallest absolute Gasteiger partial charge is 0.326 e. The van der Waals surface area contributed by atoms with E-state index in [4.69, 9.17) is 9.84 Å². The van der Waals surface area contributed by atoms with Crippen LogP contribution in [0.4, 0.5) is 0 Å². The highest BCUT2D eigenvalue weighted by Gasteiger charge is 2.17. The van der Waals surface area contributed by atoms with Gasteiger partial charge in [0.2, 0.25) is 0 Å². The number of carbonyl (C=O) groups excluding carboxylic acids is 1. The fourth-order valence-corrected chi connectivity index (χ4v) is 1.79. The van der Waals surface area contributed by atoms with Crippen LogP contribution < -0.4 is 10.3 Å². The highest BCUT2D eigenvalue weighted by molar-refractivity contribution is 5.77. The van der Waals surface area contributed by atoms with Gasteiger partial charge in [0.25, 0.3) is 11.5 Å². The Labute approximate surface area is 129 Å². The number of carbonyl (C=O) groups is 2. The van der Waals surface area contributed by atoms with Gasteiger partial charge in [-0.2, -0.15) is 0 Å². The molecule has 7 heteroatoms. The fourth-order valence-electron chi connectivity index (χ4n) is 1.79. The summed E-state index contributed by atoms with van der Waals surface area (Å²) in [6.45, 7) is 3.82. The number of carboxylic acid groups (broad SMARTS) is 1. The summed E-state index contributed by atoms with van der Waals surface area (Å²) in [5.41, 5.74) is -0.568. The van der Waals surface area contributed by atoms with Crippen LogP contribution in [0, 0.1) is 0 Å². The SMILES string of the molecule is CCCCN(C)C(=O)COc1cccn(C(C)C(=O)O)c1=O. The van der Waals surface area contributed by atoms with Crippen LogP contribution >= 0.6 is 0 Å². The Morgan fingerprint density at radius 1 is 1.45 bits per heavy atom. The molecule has 0 saturated carbocycles. The van der Waals surface area contributed by atoms with Crippen LogP contribution in [-0.4, -0.2) is 46.6 Å². The predicted octanol–water partition coefficient (Wildman–Crippen LogP) is 1.13. The van der Waals surface area contributed by atoms with Crippen LogP contribution in [0.3, 0.4) is 0 Å². The topological polar surface area (TPSA) is 88.8 Å². The lowest BCUT2D eigenvalue weighted by Crippen LogP contribution is -2.34. The van der Waals surface area contributed by atoms with Crippen LogP contribution in [0.25, 0.3) is 0 Å². The lowest BCUT2D eigenvalue weighted by atomic mass is 10.3. The van der Waals surface area contributed by atoms with E-state index in [0.717, 1.165) is 17.4 Å². The van der Waals surface area contributed by atoms with Crippen LogP contribution in [0.15, 0.2) is 23.1 Å². The molecule has 1 aromatic heterocycles. The first-order valence-corrected chi connectivity index (χ1v) is 7.19. The van der Waals surface area contributed by atoms with Gasteiger partial charge in [-0.1, -0.05) is 13.3 Å². The minimum atomic E-state index is -1.12. The summed E-state index contributed by atoms with van der Waals surface area (Å²) in [4.78, 5) is 36.5. The van der Waals surface area contributed by atoms with Crippen molar-refractivity contribution in [2.75, 3.05) is 20.2 Å². The van der Waals surface area contributed by atoms with Crippen LogP contribution in [-0.2, 0) is 9.59 Å². The Kier molecular flexibility index (Phi) is 6.62. The van der Waals surface area contributed by atoms with E-state index < -0.39 is 17.6 Å². The number of pyridine rings is 1. The monoisotopic (exact) mass is 310 g/mol. The van der Waals surface area contributed by atoms with Crippen molar-refractivity contribution < 1.29 is 19.4 Å². The molecule has 1 unspecified atom stereocenters. The summed E-state index contributed by atoms with van der Waals surface area (Å²) in [6.07, 6.45) is 3.26. The summed E-state index contributed by atoms with van der Waals surface area (Å²) >= 11 is 0. The normalized spacial score (nSPS) is 11.8. The van der Waals surface area contributed by atoms with E-state index in [0.29, 0.717) is 6.54 Å². The Bertz CT molecular complexity index is 582. The molecule has 0 aliphatic heterocycles. The molecule has 7 nitrogen and oxygen atoms in total. The Balaban J connectivity index is 2.75.